The lowest BCUT2D eigenvalue weighted by Crippen LogP contribution is -2.51. The Kier molecular flexibility index (Phi) is 6.49. The summed E-state index contributed by atoms with van der Waals surface area (Å²) >= 11 is 0. The minimum Gasteiger partial charge on any atom is -0.378 e. The van der Waals surface area contributed by atoms with Gasteiger partial charge in [-0.2, -0.15) is 0 Å². The fourth-order valence-corrected chi connectivity index (χ4v) is 3.79. The second-order valence-electron chi connectivity index (χ2n) is 6.58. The van der Waals surface area contributed by atoms with Crippen LogP contribution in [0.25, 0.3) is 0 Å². The largest absolute Gasteiger partial charge is 0.378 e. The monoisotopic (exact) mass is 296 g/mol. The molecule has 2 fully saturated rings. The molecule has 1 saturated heterocycles. The van der Waals surface area contributed by atoms with Gasteiger partial charge in [0, 0.05) is 32.2 Å². The fraction of sp³-hybridized carbons (Fsp3) is 0.941. The Hall–Kier alpha value is -0.610. The molecular weight excluding hydrogens is 264 g/mol. The van der Waals surface area contributed by atoms with E-state index >= 15 is 0 Å². The molecule has 2 rings (SSSR count). The van der Waals surface area contributed by atoms with Crippen molar-refractivity contribution in [3.8, 4) is 0 Å². The van der Waals surface area contributed by atoms with Crippen LogP contribution in [0, 0.1) is 11.8 Å². The van der Waals surface area contributed by atoms with Crippen molar-refractivity contribution in [3.05, 3.63) is 0 Å². The first-order valence-electron chi connectivity index (χ1n) is 8.80. The van der Waals surface area contributed by atoms with Gasteiger partial charge in [0.1, 0.15) is 0 Å². The number of hydrogen-bond acceptors (Lipinski definition) is 3. The van der Waals surface area contributed by atoms with Gasteiger partial charge >= 0.3 is 0 Å². The lowest BCUT2D eigenvalue weighted by molar-refractivity contribution is -0.136. The van der Waals surface area contributed by atoms with Crippen LogP contribution in [-0.2, 0) is 9.53 Å². The van der Waals surface area contributed by atoms with E-state index in [2.05, 4.69) is 24.1 Å². The van der Waals surface area contributed by atoms with E-state index in [0.29, 0.717) is 29.9 Å². The minimum absolute atomic E-state index is 0.364. The topological polar surface area (TPSA) is 41.6 Å². The van der Waals surface area contributed by atoms with E-state index in [-0.39, 0.29) is 0 Å². The van der Waals surface area contributed by atoms with Crippen molar-refractivity contribution in [1.82, 2.24) is 10.2 Å². The highest BCUT2D eigenvalue weighted by Gasteiger charge is 2.34. The van der Waals surface area contributed by atoms with Crippen LogP contribution in [0.4, 0.5) is 0 Å². The van der Waals surface area contributed by atoms with E-state index in [0.717, 1.165) is 58.3 Å². The van der Waals surface area contributed by atoms with Crippen molar-refractivity contribution in [2.45, 2.75) is 65.0 Å². The van der Waals surface area contributed by atoms with Crippen LogP contribution in [0.3, 0.4) is 0 Å². The molecular formula is C17H32N2O2. The van der Waals surface area contributed by atoms with E-state index in [9.17, 15) is 4.79 Å². The first-order valence-corrected chi connectivity index (χ1v) is 8.80. The number of nitrogens with zero attached hydrogens (tertiary/aromatic N) is 1. The number of ether oxygens (including phenoxy) is 1. The summed E-state index contributed by atoms with van der Waals surface area (Å²) in [7, 11) is 0. The van der Waals surface area contributed by atoms with Crippen molar-refractivity contribution in [3.63, 3.8) is 0 Å². The number of likely N-dealkylation sites (tertiary alicyclic amines) is 1. The third-order valence-electron chi connectivity index (χ3n) is 5.14. The zero-order valence-electron chi connectivity index (χ0n) is 13.9. The van der Waals surface area contributed by atoms with E-state index < -0.39 is 0 Å². The maximum absolute atomic E-state index is 12.5. The van der Waals surface area contributed by atoms with Gasteiger partial charge in [0.25, 0.3) is 0 Å². The highest BCUT2D eigenvalue weighted by Crippen LogP contribution is 2.33. The quantitative estimate of drug-likeness (QED) is 0.784. The Bertz CT molecular complexity index is 329. The van der Waals surface area contributed by atoms with Crippen molar-refractivity contribution in [2.75, 3.05) is 26.2 Å². The minimum atomic E-state index is 0.364. The van der Waals surface area contributed by atoms with E-state index in [1.54, 1.807) is 0 Å². The molecule has 2 unspecified atom stereocenters. The molecule has 0 aromatic heterocycles. The third-order valence-corrected chi connectivity index (χ3v) is 5.14. The number of carbonyl (C=O) groups excluding carboxylic acids is 1. The number of hydrogen-bond donors (Lipinski definition) is 1. The van der Waals surface area contributed by atoms with Gasteiger partial charge in [-0.05, 0) is 44.6 Å². The van der Waals surface area contributed by atoms with Gasteiger partial charge in [-0.3, -0.25) is 4.79 Å². The number of amides is 1. The zero-order chi connectivity index (χ0) is 15.2. The van der Waals surface area contributed by atoms with Gasteiger partial charge in [-0.15, -0.1) is 0 Å². The Balaban J connectivity index is 1.74. The molecule has 0 aromatic rings. The molecule has 1 heterocycles. The molecule has 1 aliphatic carbocycles. The van der Waals surface area contributed by atoms with E-state index in [1.165, 1.54) is 0 Å². The van der Waals surface area contributed by atoms with Gasteiger partial charge in [0.2, 0.25) is 5.91 Å². The van der Waals surface area contributed by atoms with Gasteiger partial charge < -0.3 is 15.0 Å². The summed E-state index contributed by atoms with van der Waals surface area (Å²) in [6.07, 6.45) is 5.54. The summed E-state index contributed by atoms with van der Waals surface area (Å²) in [5.41, 5.74) is 0. The van der Waals surface area contributed by atoms with Gasteiger partial charge in [-0.25, -0.2) is 0 Å². The summed E-state index contributed by atoms with van der Waals surface area (Å²) in [6, 6.07) is 0.593. The lowest BCUT2D eigenvalue weighted by Gasteiger charge is -2.40. The number of piperidine rings is 1. The number of carbonyl (C=O) groups is 1. The smallest absolute Gasteiger partial charge is 0.222 e. The second kappa shape index (κ2) is 8.14. The predicted molar refractivity (Wildman–Crippen MR) is 85.2 cm³/mol. The maximum atomic E-state index is 12.5. The van der Waals surface area contributed by atoms with Crippen molar-refractivity contribution >= 4 is 5.91 Å². The number of rotatable bonds is 7. The molecule has 1 amide bonds. The summed E-state index contributed by atoms with van der Waals surface area (Å²) in [5.74, 6) is 1.53. The Morgan fingerprint density at radius 3 is 2.67 bits per heavy atom. The highest BCUT2D eigenvalue weighted by molar-refractivity contribution is 5.76. The summed E-state index contributed by atoms with van der Waals surface area (Å²) in [6.45, 7) is 10.1. The van der Waals surface area contributed by atoms with E-state index in [4.69, 9.17) is 4.74 Å². The molecule has 1 aliphatic heterocycles. The maximum Gasteiger partial charge on any atom is 0.222 e. The van der Waals surface area contributed by atoms with Gasteiger partial charge in [-0.1, -0.05) is 20.3 Å². The fourth-order valence-electron chi connectivity index (χ4n) is 3.79. The summed E-state index contributed by atoms with van der Waals surface area (Å²) < 4.78 is 5.58. The van der Waals surface area contributed by atoms with Crippen LogP contribution >= 0.6 is 0 Å². The highest BCUT2D eigenvalue weighted by atomic mass is 16.5. The molecule has 0 radical (unpaired) electrons. The molecule has 2 atom stereocenters. The first-order chi connectivity index (χ1) is 10.2. The van der Waals surface area contributed by atoms with Crippen LogP contribution < -0.4 is 5.32 Å². The average Bonchev–Trinajstić information content (AvgIpc) is 2.45. The van der Waals surface area contributed by atoms with Gasteiger partial charge in [0.05, 0.1) is 6.10 Å². The van der Waals surface area contributed by atoms with Crippen LogP contribution in [0.1, 0.15) is 52.9 Å². The Labute approximate surface area is 129 Å². The average molecular weight is 296 g/mol. The molecule has 2 aliphatic rings. The standard InChI is InChI=1S/C17H32N2O2/c1-4-14-12-19(8-7-16(14)18-5-2)17(20)11-13-9-15(10-13)21-6-3/h13-16,18H,4-12H2,1-3H3. The molecule has 4 nitrogen and oxygen atoms in total. The molecule has 21 heavy (non-hydrogen) atoms. The molecule has 122 valence electrons. The molecule has 1 saturated carbocycles. The summed E-state index contributed by atoms with van der Waals surface area (Å²) in [4.78, 5) is 14.6. The molecule has 0 spiro atoms. The Morgan fingerprint density at radius 1 is 1.29 bits per heavy atom. The van der Waals surface area contributed by atoms with E-state index in [1.807, 2.05) is 6.92 Å². The zero-order valence-corrected chi connectivity index (χ0v) is 13.9. The van der Waals surface area contributed by atoms with Crippen LogP contribution in [0.5, 0.6) is 0 Å². The molecule has 0 aromatic carbocycles. The molecule has 4 heteroatoms. The van der Waals surface area contributed by atoms with Gasteiger partial charge in [0.15, 0.2) is 0 Å². The number of nitrogens with one attached hydrogen (secondary N) is 1. The normalized spacial score (nSPS) is 32.8. The Morgan fingerprint density at radius 2 is 2.05 bits per heavy atom. The van der Waals surface area contributed by atoms with Crippen molar-refractivity contribution in [1.29, 1.82) is 0 Å². The SMILES string of the molecule is CCNC1CCN(C(=O)CC2CC(OCC)C2)CC1CC. The first kappa shape index (κ1) is 16.8. The second-order valence-corrected chi connectivity index (χ2v) is 6.58. The summed E-state index contributed by atoms with van der Waals surface area (Å²) in [5, 5.41) is 3.57. The predicted octanol–water partition coefficient (Wildman–Crippen LogP) is 2.43. The van der Waals surface area contributed by atoms with Crippen LogP contribution in [-0.4, -0.2) is 49.2 Å². The van der Waals surface area contributed by atoms with Crippen molar-refractivity contribution < 1.29 is 9.53 Å². The lowest BCUT2D eigenvalue weighted by atomic mass is 9.79. The third kappa shape index (κ3) is 4.43. The van der Waals surface area contributed by atoms with Crippen molar-refractivity contribution in [2.24, 2.45) is 11.8 Å². The van der Waals surface area contributed by atoms with Crippen LogP contribution in [0.15, 0.2) is 0 Å². The molecule has 1 N–H and O–H groups in total. The molecule has 0 bridgehead atoms. The van der Waals surface area contributed by atoms with Crippen LogP contribution in [0.2, 0.25) is 0 Å².